The lowest BCUT2D eigenvalue weighted by Crippen LogP contribution is -2.58. The maximum absolute atomic E-state index is 12.7. The monoisotopic (exact) mass is 381 g/mol. The molecular weight excluding hydrogens is 358 g/mol. The van der Waals surface area contributed by atoms with Crippen molar-refractivity contribution in [1.29, 1.82) is 0 Å². The molecule has 2 aromatic rings. The summed E-state index contributed by atoms with van der Waals surface area (Å²) in [7, 11) is 0. The average molecular weight is 381 g/mol. The van der Waals surface area contributed by atoms with Crippen molar-refractivity contribution in [2.45, 2.75) is 24.4 Å². The van der Waals surface area contributed by atoms with Crippen molar-refractivity contribution in [2.24, 2.45) is 5.73 Å². The van der Waals surface area contributed by atoms with Gasteiger partial charge < -0.3 is 21.1 Å². The number of carbonyl (C=O) groups is 3. The minimum atomic E-state index is -1.19. The van der Waals surface area contributed by atoms with Gasteiger partial charge in [0, 0.05) is 18.6 Å². The van der Waals surface area contributed by atoms with Gasteiger partial charge >= 0.3 is 0 Å². The Labute approximate surface area is 163 Å². The van der Waals surface area contributed by atoms with Crippen LogP contribution in [-0.4, -0.2) is 36.5 Å². The number of hydrogen-bond acceptors (Lipinski definition) is 4. The molecule has 2 unspecified atom stereocenters. The summed E-state index contributed by atoms with van der Waals surface area (Å²) in [6.07, 6.45) is 0.304. The molecule has 0 aromatic heterocycles. The number of carbonyl (C=O) groups excluding carboxylic acids is 3. The highest BCUT2D eigenvalue weighted by molar-refractivity contribution is 5.95. The number of nitrogens with one attached hydrogen (secondary N) is 2. The van der Waals surface area contributed by atoms with Crippen LogP contribution in [0, 0.1) is 0 Å². The van der Waals surface area contributed by atoms with Gasteiger partial charge in [0.1, 0.15) is 5.54 Å². The number of ether oxygens (including phenoxy) is 1. The van der Waals surface area contributed by atoms with Crippen molar-refractivity contribution in [1.82, 2.24) is 10.6 Å². The van der Waals surface area contributed by atoms with Crippen LogP contribution in [0.2, 0.25) is 0 Å². The Kier molecular flexibility index (Phi) is 6.06. The van der Waals surface area contributed by atoms with E-state index in [2.05, 4.69) is 10.6 Å². The van der Waals surface area contributed by atoms with E-state index in [9.17, 15) is 14.4 Å². The molecule has 3 amide bonds. The highest BCUT2D eigenvalue weighted by Crippen LogP contribution is 2.21. The minimum Gasteiger partial charge on any atom is -0.378 e. The second kappa shape index (κ2) is 8.67. The molecule has 2 atom stereocenters. The second-order valence-electron chi connectivity index (χ2n) is 6.80. The quantitative estimate of drug-likeness (QED) is 0.671. The average Bonchev–Trinajstić information content (AvgIpc) is 3.18. The lowest BCUT2D eigenvalue weighted by Gasteiger charge is -2.26. The van der Waals surface area contributed by atoms with E-state index < -0.39 is 17.5 Å². The molecule has 1 aliphatic heterocycles. The van der Waals surface area contributed by atoms with Crippen LogP contribution in [0.5, 0.6) is 0 Å². The fourth-order valence-electron chi connectivity index (χ4n) is 3.19. The summed E-state index contributed by atoms with van der Waals surface area (Å²) in [5, 5.41) is 5.62. The number of amides is 3. The molecule has 0 saturated carbocycles. The normalized spacial score (nSPS) is 19.6. The van der Waals surface area contributed by atoms with Crippen molar-refractivity contribution in [3.05, 3.63) is 71.8 Å². The van der Waals surface area contributed by atoms with E-state index in [-0.39, 0.29) is 24.8 Å². The topological polar surface area (TPSA) is 111 Å². The first-order valence-corrected chi connectivity index (χ1v) is 9.10. The highest BCUT2D eigenvalue weighted by Gasteiger charge is 2.42. The molecule has 146 valence electrons. The van der Waals surface area contributed by atoms with Gasteiger partial charge in [-0.2, -0.15) is 0 Å². The smallest absolute Gasteiger partial charge is 0.251 e. The summed E-state index contributed by atoms with van der Waals surface area (Å²) in [4.78, 5) is 37.1. The zero-order valence-corrected chi connectivity index (χ0v) is 15.4. The van der Waals surface area contributed by atoms with Crippen LogP contribution in [0.25, 0.3) is 0 Å². The van der Waals surface area contributed by atoms with E-state index in [1.54, 1.807) is 24.3 Å². The van der Waals surface area contributed by atoms with E-state index >= 15 is 0 Å². The summed E-state index contributed by atoms with van der Waals surface area (Å²) in [6, 6.07) is 17.4. The van der Waals surface area contributed by atoms with Crippen molar-refractivity contribution < 1.29 is 19.1 Å². The lowest BCUT2D eigenvalue weighted by molar-refractivity contribution is -0.132. The molecule has 4 N–H and O–H groups in total. The van der Waals surface area contributed by atoms with Crippen molar-refractivity contribution in [3.63, 3.8) is 0 Å². The van der Waals surface area contributed by atoms with Crippen molar-refractivity contribution in [3.8, 4) is 0 Å². The molecule has 7 heteroatoms. The zero-order valence-electron chi connectivity index (χ0n) is 15.4. The summed E-state index contributed by atoms with van der Waals surface area (Å²) in [5.74, 6) is -1.29. The van der Waals surface area contributed by atoms with Gasteiger partial charge in [-0.3, -0.25) is 14.4 Å². The van der Waals surface area contributed by atoms with Crippen molar-refractivity contribution >= 4 is 17.7 Å². The first-order chi connectivity index (χ1) is 13.5. The largest absolute Gasteiger partial charge is 0.378 e. The summed E-state index contributed by atoms with van der Waals surface area (Å²) in [6.45, 7) is 0.413. The number of rotatable bonds is 7. The van der Waals surface area contributed by atoms with Crippen LogP contribution in [0.1, 0.15) is 34.8 Å². The molecule has 1 saturated heterocycles. The van der Waals surface area contributed by atoms with E-state index in [4.69, 9.17) is 10.5 Å². The third-order valence-corrected chi connectivity index (χ3v) is 4.80. The Balaban J connectivity index is 1.75. The van der Waals surface area contributed by atoms with E-state index in [0.717, 1.165) is 5.56 Å². The maximum Gasteiger partial charge on any atom is 0.251 e. The number of hydrogen-bond donors (Lipinski definition) is 3. The van der Waals surface area contributed by atoms with E-state index in [1.807, 2.05) is 36.4 Å². The Morgan fingerprint density at radius 3 is 2.25 bits per heavy atom. The van der Waals surface area contributed by atoms with Gasteiger partial charge in [0.05, 0.1) is 19.1 Å². The zero-order chi connectivity index (χ0) is 20.0. The standard InChI is InChI=1S/C21H23N3O4/c22-20(27)21(11-12-28-14-21)24-18(25)13-17(15-7-3-1-4-8-15)23-19(26)16-9-5-2-6-10-16/h1-10,17H,11-14H2,(H2,22,27)(H,23,26)(H,24,25). The summed E-state index contributed by atoms with van der Waals surface area (Å²) < 4.78 is 5.25. The minimum absolute atomic E-state index is 0.0301. The van der Waals surface area contributed by atoms with Gasteiger partial charge in [-0.15, -0.1) is 0 Å². The maximum atomic E-state index is 12.7. The molecule has 1 heterocycles. The molecule has 7 nitrogen and oxygen atoms in total. The molecule has 0 aliphatic carbocycles. The Morgan fingerprint density at radius 1 is 1.04 bits per heavy atom. The summed E-state index contributed by atoms with van der Waals surface area (Å²) in [5.41, 5.74) is 5.57. The second-order valence-corrected chi connectivity index (χ2v) is 6.80. The van der Waals surface area contributed by atoms with E-state index in [0.29, 0.717) is 18.6 Å². The van der Waals surface area contributed by atoms with Gasteiger partial charge in [0.2, 0.25) is 11.8 Å². The van der Waals surface area contributed by atoms with Crippen LogP contribution in [0.3, 0.4) is 0 Å². The van der Waals surface area contributed by atoms with Crippen LogP contribution in [0.4, 0.5) is 0 Å². The molecule has 0 bridgehead atoms. The molecule has 1 aliphatic rings. The van der Waals surface area contributed by atoms with Gasteiger partial charge in [-0.05, 0) is 17.7 Å². The Hall–Kier alpha value is -3.19. The number of benzene rings is 2. The van der Waals surface area contributed by atoms with Gasteiger partial charge in [0.25, 0.3) is 5.91 Å². The third kappa shape index (κ3) is 4.55. The van der Waals surface area contributed by atoms with Gasteiger partial charge in [-0.25, -0.2) is 0 Å². The Bertz CT molecular complexity index is 833. The molecular formula is C21H23N3O4. The molecule has 0 radical (unpaired) electrons. The number of primary amides is 1. The molecule has 3 rings (SSSR count). The molecule has 28 heavy (non-hydrogen) atoms. The SMILES string of the molecule is NC(=O)C1(NC(=O)CC(NC(=O)c2ccccc2)c2ccccc2)CCOC1. The van der Waals surface area contributed by atoms with E-state index in [1.165, 1.54) is 0 Å². The first-order valence-electron chi connectivity index (χ1n) is 9.10. The Morgan fingerprint density at radius 2 is 1.68 bits per heavy atom. The fourth-order valence-corrected chi connectivity index (χ4v) is 3.19. The predicted molar refractivity (Wildman–Crippen MR) is 103 cm³/mol. The van der Waals surface area contributed by atoms with Gasteiger partial charge in [-0.1, -0.05) is 48.5 Å². The number of nitrogens with two attached hydrogens (primary N) is 1. The van der Waals surface area contributed by atoms with Crippen molar-refractivity contribution in [2.75, 3.05) is 13.2 Å². The van der Waals surface area contributed by atoms with Crippen LogP contribution in [0.15, 0.2) is 60.7 Å². The van der Waals surface area contributed by atoms with Crippen LogP contribution in [-0.2, 0) is 14.3 Å². The highest BCUT2D eigenvalue weighted by atomic mass is 16.5. The van der Waals surface area contributed by atoms with Crippen LogP contribution < -0.4 is 16.4 Å². The first kappa shape index (κ1) is 19.6. The molecule has 2 aromatic carbocycles. The van der Waals surface area contributed by atoms with Gasteiger partial charge in [0.15, 0.2) is 0 Å². The molecule has 0 spiro atoms. The fraction of sp³-hybridized carbons (Fsp3) is 0.286. The third-order valence-electron chi connectivity index (χ3n) is 4.80. The lowest BCUT2D eigenvalue weighted by atomic mass is 9.96. The summed E-state index contributed by atoms with van der Waals surface area (Å²) >= 11 is 0. The van der Waals surface area contributed by atoms with Crippen LogP contribution >= 0.6 is 0 Å². The molecule has 1 fully saturated rings. The predicted octanol–water partition coefficient (Wildman–Crippen LogP) is 1.31.